The van der Waals surface area contributed by atoms with Crippen LogP contribution in [0.2, 0.25) is 0 Å². The lowest BCUT2D eigenvalue weighted by Gasteiger charge is -2.01. The Kier molecular flexibility index (Phi) is 11.9. The molecule has 0 fully saturated rings. The smallest absolute Gasteiger partial charge is 0.177 e. The van der Waals surface area contributed by atoms with Crippen LogP contribution in [0.3, 0.4) is 0 Å². The highest BCUT2D eigenvalue weighted by Gasteiger charge is 2.00. The predicted molar refractivity (Wildman–Crippen MR) is 117 cm³/mol. The molecule has 0 aliphatic rings. The minimum Gasteiger partial charge on any atom is -0.318 e. The zero-order chi connectivity index (χ0) is 23.9. The van der Waals surface area contributed by atoms with Crippen molar-refractivity contribution < 1.29 is 0 Å². The highest BCUT2D eigenvalue weighted by molar-refractivity contribution is 4.83. The van der Waals surface area contributed by atoms with Crippen LogP contribution < -0.4 is 0 Å². The first-order valence-electron chi connectivity index (χ1n) is 10.4. The first-order chi connectivity index (χ1) is 15.2. The Morgan fingerprint density at radius 1 is 0.719 bits per heavy atom. The second kappa shape index (κ2) is 14.4. The zero-order valence-corrected chi connectivity index (χ0v) is 20.0. The molecule has 0 aliphatic heterocycles. The molecule has 0 spiro atoms. The van der Waals surface area contributed by atoms with E-state index in [2.05, 4.69) is 84.4 Å². The van der Waals surface area contributed by atoms with Crippen molar-refractivity contribution in [2.24, 2.45) is 0 Å². The molecule has 0 aliphatic carbocycles. The Morgan fingerprint density at radius 2 is 1.38 bits per heavy atom. The standard InChI is InChI=1S/2C5H9N3.2C4H8N4/c1-5(2)8-3-6-7-4-8;1-5(2)8-4-3-6-7-8;1-4(2)8-3-5-6-7-8;1-3(2)4-5-7-8-6-4/h2*3-5H,1-2H3;3-4H,1-2H3;3H,1-2H3,(H,5,6,7,8). The molecule has 1 N–H and O–H groups in total. The number of hydrogen-bond donors (Lipinski definition) is 1. The minimum atomic E-state index is 0.366. The number of tetrazole rings is 2. The Bertz CT molecular complexity index is 725. The zero-order valence-electron chi connectivity index (χ0n) is 20.0. The van der Waals surface area contributed by atoms with Gasteiger partial charge in [0.1, 0.15) is 19.0 Å². The van der Waals surface area contributed by atoms with Gasteiger partial charge in [-0.2, -0.15) is 5.21 Å². The normalized spacial score (nSPS) is 10.4. The number of aromatic nitrogens is 14. The van der Waals surface area contributed by atoms with E-state index in [1.54, 1.807) is 34.5 Å². The maximum absolute atomic E-state index is 3.78. The molecular weight excluding hydrogens is 412 g/mol. The van der Waals surface area contributed by atoms with Gasteiger partial charge in [0.15, 0.2) is 5.82 Å². The molecule has 4 heterocycles. The third-order valence-electron chi connectivity index (χ3n) is 3.78. The van der Waals surface area contributed by atoms with E-state index in [1.807, 2.05) is 38.5 Å². The van der Waals surface area contributed by atoms with Gasteiger partial charge in [-0.05, 0) is 52.0 Å². The van der Waals surface area contributed by atoms with Crippen molar-refractivity contribution in [2.75, 3.05) is 0 Å². The van der Waals surface area contributed by atoms with Crippen molar-refractivity contribution >= 4 is 0 Å². The summed E-state index contributed by atoms with van der Waals surface area (Å²) < 4.78 is 5.44. The van der Waals surface area contributed by atoms with Gasteiger partial charge in [-0.1, -0.05) is 24.3 Å². The molecule has 0 aromatic carbocycles. The van der Waals surface area contributed by atoms with Crippen molar-refractivity contribution in [1.29, 1.82) is 0 Å². The third-order valence-corrected chi connectivity index (χ3v) is 3.78. The Labute approximate surface area is 187 Å². The second-order valence-electron chi connectivity index (χ2n) is 7.79. The first kappa shape index (κ1) is 26.5. The molecule has 0 saturated carbocycles. The third kappa shape index (κ3) is 10.4. The van der Waals surface area contributed by atoms with Gasteiger partial charge in [-0.3, -0.25) is 4.68 Å². The van der Waals surface area contributed by atoms with E-state index in [4.69, 9.17) is 0 Å². The highest BCUT2D eigenvalue weighted by atomic mass is 15.5. The molecule has 4 rings (SSSR count). The Hall–Kier alpha value is -3.58. The molecule has 14 heteroatoms. The summed E-state index contributed by atoms with van der Waals surface area (Å²) in [7, 11) is 0. The number of H-pyrrole nitrogens is 1. The lowest BCUT2D eigenvalue weighted by atomic mass is 10.2. The predicted octanol–water partition coefficient (Wildman–Crippen LogP) is 2.30. The van der Waals surface area contributed by atoms with Crippen molar-refractivity contribution in [2.45, 2.75) is 79.4 Å². The van der Waals surface area contributed by atoms with Crippen LogP contribution in [0, 0.1) is 0 Å². The fourth-order valence-corrected chi connectivity index (χ4v) is 1.79. The van der Waals surface area contributed by atoms with Crippen molar-refractivity contribution in [3.63, 3.8) is 0 Å². The molecule has 0 unspecified atom stereocenters. The van der Waals surface area contributed by atoms with E-state index in [0.29, 0.717) is 24.0 Å². The molecule has 4 aromatic rings. The molecule has 0 bridgehead atoms. The van der Waals surface area contributed by atoms with E-state index in [-0.39, 0.29) is 0 Å². The van der Waals surface area contributed by atoms with Crippen molar-refractivity contribution in [3.8, 4) is 0 Å². The fourth-order valence-electron chi connectivity index (χ4n) is 1.79. The molecule has 32 heavy (non-hydrogen) atoms. The van der Waals surface area contributed by atoms with Gasteiger partial charge >= 0.3 is 0 Å². The quantitative estimate of drug-likeness (QED) is 0.492. The van der Waals surface area contributed by atoms with E-state index in [9.17, 15) is 0 Å². The van der Waals surface area contributed by atoms with Crippen LogP contribution in [-0.4, -0.2) is 70.6 Å². The molecule has 0 radical (unpaired) electrons. The summed E-state index contributed by atoms with van der Waals surface area (Å²) in [5, 5.41) is 38.7. The van der Waals surface area contributed by atoms with Crippen LogP contribution in [0.1, 0.15) is 85.3 Å². The average Bonchev–Trinajstić information content (AvgIpc) is 3.56. The summed E-state index contributed by atoms with van der Waals surface area (Å²) in [6.45, 7) is 16.4. The number of nitrogens with zero attached hydrogens (tertiary/aromatic N) is 13. The van der Waals surface area contributed by atoms with Gasteiger partial charge in [0.2, 0.25) is 0 Å². The fraction of sp³-hybridized carbons (Fsp3) is 0.667. The molecule has 176 valence electrons. The van der Waals surface area contributed by atoms with E-state index >= 15 is 0 Å². The van der Waals surface area contributed by atoms with E-state index in [0.717, 1.165) is 5.82 Å². The van der Waals surface area contributed by atoms with Crippen LogP contribution >= 0.6 is 0 Å². The number of rotatable bonds is 4. The van der Waals surface area contributed by atoms with Crippen LogP contribution in [-0.2, 0) is 0 Å². The average molecular weight is 447 g/mol. The Balaban J connectivity index is 0.000000213. The van der Waals surface area contributed by atoms with Gasteiger partial charge in [0.05, 0.1) is 6.20 Å². The monoisotopic (exact) mass is 446 g/mol. The molecular formula is C18H34N14. The van der Waals surface area contributed by atoms with Gasteiger partial charge in [-0.15, -0.1) is 30.6 Å². The second-order valence-corrected chi connectivity index (χ2v) is 7.79. The van der Waals surface area contributed by atoms with Gasteiger partial charge in [0, 0.05) is 30.2 Å². The van der Waals surface area contributed by atoms with Crippen LogP contribution in [0.4, 0.5) is 0 Å². The lowest BCUT2D eigenvalue weighted by molar-refractivity contribution is 0.514. The largest absolute Gasteiger partial charge is 0.318 e. The number of hydrogen-bond acceptors (Lipinski definition) is 10. The summed E-state index contributed by atoms with van der Waals surface area (Å²) in [5.74, 6) is 1.14. The van der Waals surface area contributed by atoms with Crippen molar-refractivity contribution in [3.05, 3.63) is 37.2 Å². The summed E-state index contributed by atoms with van der Waals surface area (Å²) in [6.07, 6.45) is 8.56. The first-order valence-corrected chi connectivity index (χ1v) is 10.4. The van der Waals surface area contributed by atoms with Gasteiger partial charge in [-0.25, -0.2) is 4.68 Å². The summed E-state index contributed by atoms with van der Waals surface area (Å²) in [5.41, 5.74) is 0. The van der Waals surface area contributed by atoms with Gasteiger partial charge in [0.25, 0.3) is 0 Å². The molecule has 0 saturated heterocycles. The maximum Gasteiger partial charge on any atom is 0.177 e. The summed E-state index contributed by atoms with van der Waals surface area (Å²) in [4.78, 5) is 0. The van der Waals surface area contributed by atoms with Crippen LogP contribution in [0.15, 0.2) is 31.4 Å². The van der Waals surface area contributed by atoms with Crippen molar-refractivity contribution in [1.82, 2.24) is 70.6 Å². The molecule has 0 amide bonds. The SMILES string of the molecule is CC(C)c1nn[nH]n1.CC(C)n1ccnn1.CC(C)n1cnnc1.CC(C)n1cnnn1. The number of nitrogens with one attached hydrogen (secondary N) is 1. The van der Waals surface area contributed by atoms with E-state index in [1.165, 1.54) is 0 Å². The maximum atomic E-state index is 3.78. The molecule has 4 aromatic heterocycles. The minimum absolute atomic E-state index is 0.366. The van der Waals surface area contributed by atoms with Crippen LogP contribution in [0.25, 0.3) is 0 Å². The number of aromatic amines is 1. The summed E-state index contributed by atoms with van der Waals surface area (Å²) in [6, 6.07) is 1.27. The molecule has 14 nitrogen and oxygen atoms in total. The van der Waals surface area contributed by atoms with Crippen LogP contribution in [0.5, 0.6) is 0 Å². The van der Waals surface area contributed by atoms with Gasteiger partial charge < -0.3 is 4.57 Å². The Morgan fingerprint density at radius 3 is 1.62 bits per heavy atom. The topological polar surface area (TPSA) is 159 Å². The lowest BCUT2D eigenvalue weighted by Crippen LogP contribution is -2.00. The summed E-state index contributed by atoms with van der Waals surface area (Å²) >= 11 is 0. The molecule has 0 atom stereocenters. The van der Waals surface area contributed by atoms with E-state index < -0.39 is 0 Å². The highest BCUT2D eigenvalue weighted by Crippen LogP contribution is 2.03.